The Morgan fingerprint density at radius 2 is 2.36 bits per heavy atom. The Morgan fingerprint density at radius 1 is 1.64 bits per heavy atom. The third-order valence-corrected chi connectivity index (χ3v) is 3.07. The highest BCUT2D eigenvalue weighted by atomic mass is 16.3. The Hall–Kier alpha value is -0.800. The second-order valence-corrected chi connectivity index (χ2v) is 3.75. The predicted octanol–water partition coefficient (Wildman–Crippen LogP) is 1.66. The molecular weight excluding hydrogens is 178 g/mol. The van der Waals surface area contributed by atoms with E-state index in [1.165, 1.54) is 0 Å². The number of nitrogens with two attached hydrogens (primary N) is 1. The van der Waals surface area contributed by atoms with Crippen LogP contribution < -0.4 is 5.73 Å². The van der Waals surface area contributed by atoms with Gasteiger partial charge in [-0.15, -0.1) is 0 Å². The molecule has 2 atom stereocenters. The number of rotatable bonds is 5. The van der Waals surface area contributed by atoms with E-state index in [2.05, 4.69) is 6.92 Å². The Bertz CT molecular complexity index is 256. The van der Waals surface area contributed by atoms with Crippen molar-refractivity contribution in [3.05, 3.63) is 24.2 Å². The summed E-state index contributed by atoms with van der Waals surface area (Å²) in [6, 6.07) is 3.77. The zero-order chi connectivity index (χ0) is 10.6. The van der Waals surface area contributed by atoms with Crippen LogP contribution in [-0.2, 0) is 5.41 Å². The van der Waals surface area contributed by atoms with Crippen LogP contribution in [0.2, 0.25) is 0 Å². The van der Waals surface area contributed by atoms with Crippen molar-refractivity contribution in [1.29, 1.82) is 0 Å². The predicted molar refractivity (Wildman–Crippen MR) is 56.0 cm³/mol. The van der Waals surface area contributed by atoms with Gasteiger partial charge in [0.2, 0.25) is 0 Å². The summed E-state index contributed by atoms with van der Waals surface area (Å²) < 4.78 is 5.41. The Labute approximate surface area is 84.9 Å². The fourth-order valence-corrected chi connectivity index (χ4v) is 2.01. The first-order chi connectivity index (χ1) is 6.67. The van der Waals surface area contributed by atoms with Crippen LogP contribution in [0, 0.1) is 0 Å². The molecule has 0 aliphatic carbocycles. The summed E-state index contributed by atoms with van der Waals surface area (Å²) in [6.45, 7) is 4.17. The lowest BCUT2D eigenvalue weighted by Gasteiger charge is -2.34. The zero-order valence-corrected chi connectivity index (χ0v) is 8.86. The number of aliphatic hydroxyl groups is 1. The summed E-state index contributed by atoms with van der Waals surface area (Å²) in [5.74, 6) is 0.879. The van der Waals surface area contributed by atoms with Gasteiger partial charge in [0.15, 0.2) is 0 Å². The average molecular weight is 197 g/mol. The largest absolute Gasteiger partial charge is 0.469 e. The fraction of sp³-hybridized carbons (Fsp3) is 0.636. The van der Waals surface area contributed by atoms with Gasteiger partial charge in [-0.25, -0.2) is 0 Å². The van der Waals surface area contributed by atoms with Crippen LogP contribution in [0.4, 0.5) is 0 Å². The van der Waals surface area contributed by atoms with E-state index in [9.17, 15) is 0 Å². The van der Waals surface area contributed by atoms with E-state index in [-0.39, 0.29) is 18.1 Å². The molecule has 0 aromatic carbocycles. The van der Waals surface area contributed by atoms with Crippen LogP contribution in [0.3, 0.4) is 0 Å². The minimum Gasteiger partial charge on any atom is -0.469 e. The van der Waals surface area contributed by atoms with E-state index in [4.69, 9.17) is 15.3 Å². The molecule has 0 aliphatic rings. The zero-order valence-electron chi connectivity index (χ0n) is 8.86. The van der Waals surface area contributed by atoms with E-state index in [1.54, 1.807) is 6.26 Å². The van der Waals surface area contributed by atoms with Gasteiger partial charge >= 0.3 is 0 Å². The van der Waals surface area contributed by atoms with Gasteiger partial charge in [0, 0.05) is 18.1 Å². The molecule has 3 heteroatoms. The number of hydrogen-bond donors (Lipinski definition) is 2. The minimum atomic E-state index is -0.224. The molecule has 2 unspecified atom stereocenters. The van der Waals surface area contributed by atoms with Gasteiger partial charge in [0.1, 0.15) is 5.76 Å². The molecule has 0 bridgehead atoms. The van der Waals surface area contributed by atoms with Crippen molar-refractivity contribution in [3.8, 4) is 0 Å². The van der Waals surface area contributed by atoms with Crippen LogP contribution in [0.15, 0.2) is 22.8 Å². The molecule has 14 heavy (non-hydrogen) atoms. The molecule has 0 saturated heterocycles. The Morgan fingerprint density at radius 3 is 2.71 bits per heavy atom. The molecule has 80 valence electrons. The maximum Gasteiger partial charge on any atom is 0.111 e. The molecule has 0 radical (unpaired) electrons. The third-order valence-electron chi connectivity index (χ3n) is 3.07. The van der Waals surface area contributed by atoms with Gasteiger partial charge in [-0.2, -0.15) is 0 Å². The molecule has 0 amide bonds. The van der Waals surface area contributed by atoms with Crippen molar-refractivity contribution in [2.24, 2.45) is 5.73 Å². The topological polar surface area (TPSA) is 59.4 Å². The van der Waals surface area contributed by atoms with E-state index < -0.39 is 0 Å². The molecule has 3 N–H and O–H groups in total. The number of aliphatic hydroxyl groups excluding tert-OH is 1. The molecule has 1 heterocycles. The normalized spacial score (nSPS) is 17.7. The second-order valence-electron chi connectivity index (χ2n) is 3.75. The van der Waals surface area contributed by atoms with Crippen molar-refractivity contribution in [2.75, 3.05) is 6.61 Å². The van der Waals surface area contributed by atoms with Crippen molar-refractivity contribution in [1.82, 2.24) is 0 Å². The van der Waals surface area contributed by atoms with Crippen LogP contribution in [0.25, 0.3) is 0 Å². The van der Waals surface area contributed by atoms with E-state index >= 15 is 0 Å². The highest BCUT2D eigenvalue weighted by Crippen LogP contribution is 2.34. The summed E-state index contributed by atoms with van der Waals surface area (Å²) in [6.07, 6.45) is 3.17. The summed E-state index contributed by atoms with van der Waals surface area (Å²) in [5, 5.41) is 9.08. The Balaban J connectivity index is 3.01. The van der Waals surface area contributed by atoms with Crippen LogP contribution >= 0.6 is 0 Å². The van der Waals surface area contributed by atoms with Crippen molar-refractivity contribution in [2.45, 2.75) is 38.1 Å². The minimum absolute atomic E-state index is 0.0224. The van der Waals surface area contributed by atoms with Crippen molar-refractivity contribution >= 4 is 0 Å². The fourth-order valence-electron chi connectivity index (χ4n) is 2.01. The van der Waals surface area contributed by atoms with E-state index in [0.717, 1.165) is 12.2 Å². The van der Waals surface area contributed by atoms with E-state index in [0.29, 0.717) is 6.42 Å². The van der Waals surface area contributed by atoms with Crippen LogP contribution in [0.1, 0.15) is 32.4 Å². The van der Waals surface area contributed by atoms with Crippen LogP contribution in [0.5, 0.6) is 0 Å². The molecule has 0 spiro atoms. The molecule has 1 rings (SSSR count). The quantitative estimate of drug-likeness (QED) is 0.754. The van der Waals surface area contributed by atoms with Gasteiger partial charge in [-0.05, 0) is 31.9 Å². The molecule has 1 aromatic rings. The van der Waals surface area contributed by atoms with Gasteiger partial charge in [0.05, 0.1) is 6.26 Å². The van der Waals surface area contributed by atoms with Gasteiger partial charge in [-0.1, -0.05) is 6.92 Å². The summed E-state index contributed by atoms with van der Waals surface area (Å²) in [4.78, 5) is 0. The van der Waals surface area contributed by atoms with Gasteiger partial charge in [-0.3, -0.25) is 0 Å². The SMILES string of the molecule is CCC(CCO)(c1ccco1)C(C)N. The maximum atomic E-state index is 9.08. The summed E-state index contributed by atoms with van der Waals surface area (Å²) in [5.41, 5.74) is 5.76. The maximum absolute atomic E-state index is 9.08. The second kappa shape index (κ2) is 4.62. The van der Waals surface area contributed by atoms with Crippen molar-refractivity contribution < 1.29 is 9.52 Å². The third kappa shape index (κ3) is 1.83. The van der Waals surface area contributed by atoms with Crippen LogP contribution in [-0.4, -0.2) is 17.8 Å². The molecular formula is C11H19NO2. The summed E-state index contributed by atoms with van der Waals surface area (Å²) in [7, 11) is 0. The molecule has 3 nitrogen and oxygen atoms in total. The Kier molecular flexibility index (Phi) is 3.72. The monoisotopic (exact) mass is 197 g/mol. The summed E-state index contributed by atoms with van der Waals surface area (Å²) >= 11 is 0. The number of furan rings is 1. The first-order valence-corrected chi connectivity index (χ1v) is 5.07. The molecule has 0 aliphatic heterocycles. The van der Waals surface area contributed by atoms with Gasteiger partial charge in [0.25, 0.3) is 0 Å². The highest BCUT2D eigenvalue weighted by molar-refractivity contribution is 5.17. The smallest absolute Gasteiger partial charge is 0.111 e. The standard InChI is InChI=1S/C11H19NO2/c1-3-11(6-7-13,9(2)12)10-5-4-8-14-10/h4-5,8-9,13H,3,6-7,12H2,1-2H3. The van der Waals surface area contributed by atoms with E-state index in [1.807, 2.05) is 19.1 Å². The molecule has 1 aromatic heterocycles. The molecule has 0 fully saturated rings. The highest BCUT2D eigenvalue weighted by Gasteiger charge is 2.36. The first kappa shape index (κ1) is 11.3. The van der Waals surface area contributed by atoms with Gasteiger partial charge < -0.3 is 15.3 Å². The molecule has 0 saturated carbocycles. The number of hydrogen-bond acceptors (Lipinski definition) is 3. The average Bonchev–Trinajstić information content (AvgIpc) is 2.66. The first-order valence-electron chi connectivity index (χ1n) is 5.07. The lowest BCUT2D eigenvalue weighted by molar-refractivity contribution is 0.191. The lowest BCUT2D eigenvalue weighted by atomic mass is 9.74. The van der Waals surface area contributed by atoms with Crippen molar-refractivity contribution in [3.63, 3.8) is 0 Å². The lowest BCUT2D eigenvalue weighted by Crippen LogP contribution is -2.43.